The van der Waals surface area contributed by atoms with Gasteiger partial charge in [0.05, 0.1) is 12.6 Å². The average molecular weight is 482 g/mol. The molecule has 0 bridgehead atoms. The van der Waals surface area contributed by atoms with Crippen molar-refractivity contribution in [1.29, 1.82) is 0 Å². The standard InChI is InChI=1S/C26H35N5O4/c27-24-20-9-8-18(13-19(20)10-11-28-24)15-30-25(34)22-7-4-12-31(22)26(35)21(29-16-23(32)33)14-17-5-2-1-3-6-17/h8-11,13,17,21-22,29H,1-7,12,14-16H2,(H2,27,28)(H,30,34)(H,32,33)/t21?,22-/m0/s1. The van der Waals surface area contributed by atoms with Crippen molar-refractivity contribution < 1.29 is 19.5 Å². The Morgan fingerprint density at radius 3 is 2.69 bits per heavy atom. The van der Waals surface area contributed by atoms with Gasteiger partial charge in [0.15, 0.2) is 0 Å². The zero-order chi connectivity index (χ0) is 24.8. The lowest BCUT2D eigenvalue weighted by molar-refractivity contribution is -0.141. The SMILES string of the molecule is Nc1nccc2cc(CNC(=O)[C@@H]3CCCN3C(=O)C(CC3CCCCC3)NCC(=O)O)ccc12. The number of aromatic nitrogens is 1. The molecule has 1 aliphatic heterocycles. The lowest BCUT2D eigenvalue weighted by atomic mass is 9.84. The van der Waals surface area contributed by atoms with Crippen LogP contribution in [0.15, 0.2) is 30.5 Å². The van der Waals surface area contributed by atoms with E-state index in [-0.39, 0.29) is 18.4 Å². The number of anilines is 1. The molecule has 0 radical (unpaired) electrons. The maximum absolute atomic E-state index is 13.5. The monoisotopic (exact) mass is 481 g/mol. The molecule has 1 aromatic carbocycles. The molecule has 1 aliphatic carbocycles. The van der Waals surface area contributed by atoms with Crippen molar-refractivity contribution in [2.75, 3.05) is 18.8 Å². The van der Waals surface area contributed by atoms with Crippen LogP contribution in [0.25, 0.3) is 10.8 Å². The maximum atomic E-state index is 13.5. The van der Waals surface area contributed by atoms with Crippen LogP contribution in [0.4, 0.5) is 5.82 Å². The Balaban J connectivity index is 1.39. The van der Waals surface area contributed by atoms with E-state index in [4.69, 9.17) is 10.8 Å². The summed E-state index contributed by atoms with van der Waals surface area (Å²) in [5.74, 6) is -0.457. The van der Waals surface area contributed by atoms with E-state index in [1.165, 1.54) is 6.42 Å². The van der Waals surface area contributed by atoms with Gasteiger partial charge in [-0.05, 0) is 48.3 Å². The van der Waals surface area contributed by atoms with Crippen LogP contribution in [-0.2, 0) is 20.9 Å². The van der Waals surface area contributed by atoms with Gasteiger partial charge < -0.3 is 21.1 Å². The third-order valence-corrected chi connectivity index (χ3v) is 7.26. The summed E-state index contributed by atoms with van der Waals surface area (Å²) < 4.78 is 0. The van der Waals surface area contributed by atoms with Crippen molar-refractivity contribution in [2.45, 2.75) is 70.0 Å². The zero-order valence-corrected chi connectivity index (χ0v) is 20.0. The van der Waals surface area contributed by atoms with Gasteiger partial charge in [0.1, 0.15) is 11.9 Å². The number of rotatable bonds is 9. The minimum atomic E-state index is -0.991. The normalized spacial score (nSPS) is 19.5. The van der Waals surface area contributed by atoms with Crippen molar-refractivity contribution in [2.24, 2.45) is 5.92 Å². The Hall–Kier alpha value is -3.20. The van der Waals surface area contributed by atoms with Gasteiger partial charge in [-0.2, -0.15) is 0 Å². The number of hydrogen-bond donors (Lipinski definition) is 4. The molecule has 5 N–H and O–H groups in total. The van der Waals surface area contributed by atoms with Gasteiger partial charge in [-0.15, -0.1) is 0 Å². The topological polar surface area (TPSA) is 138 Å². The summed E-state index contributed by atoms with van der Waals surface area (Å²) in [5.41, 5.74) is 6.86. The van der Waals surface area contributed by atoms with E-state index in [0.29, 0.717) is 37.7 Å². The smallest absolute Gasteiger partial charge is 0.317 e. The van der Waals surface area contributed by atoms with Crippen molar-refractivity contribution in [3.05, 3.63) is 36.0 Å². The number of nitrogens with one attached hydrogen (secondary N) is 2. The number of carbonyl (C=O) groups is 3. The van der Waals surface area contributed by atoms with E-state index in [1.807, 2.05) is 24.3 Å². The molecule has 1 unspecified atom stereocenters. The van der Waals surface area contributed by atoms with E-state index in [1.54, 1.807) is 11.1 Å². The first-order valence-electron chi connectivity index (χ1n) is 12.6. The van der Waals surface area contributed by atoms with Crippen LogP contribution >= 0.6 is 0 Å². The molecule has 2 aromatic rings. The third kappa shape index (κ3) is 6.28. The van der Waals surface area contributed by atoms with Gasteiger partial charge in [-0.1, -0.05) is 44.2 Å². The summed E-state index contributed by atoms with van der Waals surface area (Å²) in [5, 5.41) is 16.9. The fourth-order valence-electron chi connectivity index (χ4n) is 5.41. The summed E-state index contributed by atoms with van der Waals surface area (Å²) in [6, 6.07) is 6.54. The number of fused-ring (bicyclic) bond motifs is 1. The minimum absolute atomic E-state index is 0.164. The number of amides is 2. The Labute approximate surface area is 205 Å². The number of benzene rings is 1. The molecule has 2 atom stereocenters. The molecule has 35 heavy (non-hydrogen) atoms. The lowest BCUT2D eigenvalue weighted by Crippen LogP contribution is -2.53. The highest BCUT2D eigenvalue weighted by Gasteiger charge is 2.37. The summed E-state index contributed by atoms with van der Waals surface area (Å²) in [7, 11) is 0. The van der Waals surface area contributed by atoms with Crippen LogP contribution in [0, 0.1) is 5.92 Å². The number of nitrogens with two attached hydrogens (primary N) is 1. The predicted molar refractivity (Wildman–Crippen MR) is 133 cm³/mol. The van der Waals surface area contributed by atoms with Gasteiger partial charge in [-0.25, -0.2) is 4.98 Å². The molecule has 1 aromatic heterocycles. The molecule has 4 rings (SSSR count). The molecule has 2 fully saturated rings. The molecule has 9 heteroatoms. The Kier molecular flexibility index (Phi) is 8.17. The quantitative estimate of drug-likeness (QED) is 0.432. The molecule has 2 aliphatic rings. The Morgan fingerprint density at radius 1 is 1.11 bits per heavy atom. The van der Waals surface area contributed by atoms with Crippen molar-refractivity contribution in [3.63, 3.8) is 0 Å². The number of nitrogens with zero attached hydrogens (tertiary/aromatic N) is 2. The molecule has 188 valence electrons. The number of pyridine rings is 1. The minimum Gasteiger partial charge on any atom is -0.480 e. The van der Waals surface area contributed by atoms with Crippen LogP contribution in [0.2, 0.25) is 0 Å². The molecular weight excluding hydrogens is 446 g/mol. The Morgan fingerprint density at radius 2 is 1.91 bits per heavy atom. The molecule has 2 heterocycles. The van der Waals surface area contributed by atoms with Gasteiger partial charge in [0.2, 0.25) is 11.8 Å². The van der Waals surface area contributed by atoms with Crippen LogP contribution in [0.1, 0.15) is 56.9 Å². The van der Waals surface area contributed by atoms with Gasteiger partial charge >= 0.3 is 5.97 Å². The summed E-state index contributed by atoms with van der Waals surface area (Å²) in [6.45, 7) is 0.587. The van der Waals surface area contributed by atoms with Crippen LogP contribution < -0.4 is 16.4 Å². The predicted octanol–water partition coefficient (Wildman–Crippen LogP) is 2.44. The van der Waals surface area contributed by atoms with Crippen molar-refractivity contribution >= 4 is 34.4 Å². The highest BCUT2D eigenvalue weighted by molar-refractivity contribution is 5.92. The number of carboxylic acids is 1. The molecule has 1 saturated carbocycles. The van der Waals surface area contributed by atoms with Gasteiger partial charge in [0, 0.05) is 24.7 Å². The van der Waals surface area contributed by atoms with Crippen LogP contribution in [-0.4, -0.2) is 57.9 Å². The number of nitrogen functional groups attached to an aromatic ring is 1. The van der Waals surface area contributed by atoms with E-state index in [9.17, 15) is 14.4 Å². The highest BCUT2D eigenvalue weighted by Crippen LogP contribution is 2.29. The van der Waals surface area contributed by atoms with E-state index >= 15 is 0 Å². The zero-order valence-electron chi connectivity index (χ0n) is 20.0. The van der Waals surface area contributed by atoms with Crippen molar-refractivity contribution in [1.82, 2.24) is 20.5 Å². The number of likely N-dealkylation sites (tertiary alicyclic amines) is 1. The second-order valence-corrected chi connectivity index (χ2v) is 9.73. The molecule has 9 nitrogen and oxygen atoms in total. The van der Waals surface area contributed by atoms with Crippen molar-refractivity contribution in [3.8, 4) is 0 Å². The second-order valence-electron chi connectivity index (χ2n) is 9.73. The van der Waals surface area contributed by atoms with E-state index in [0.717, 1.165) is 48.4 Å². The average Bonchev–Trinajstić information content (AvgIpc) is 3.35. The molecule has 0 spiro atoms. The number of hydrogen-bond acceptors (Lipinski definition) is 6. The maximum Gasteiger partial charge on any atom is 0.317 e. The van der Waals surface area contributed by atoms with E-state index in [2.05, 4.69) is 15.6 Å². The first-order valence-corrected chi connectivity index (χ1v) is 12.6. The van der Waals surface area contributed by atoms with E-state index < -0.39 is 18.1 Å². The highest BCUT2D eigenvalue weighted by atomic mass is 16.4. The summed E-state index contributed by atoms with van der Waals surface area (Å²) >= 11 is 0. The molecule has 2 amide bonds. The largest absolute Gasteiger partial charge is 0.480 e. The van der Waals surface area contributed by atoms with Gasteiger partial charge in [-0.3, -0.25) is 19.7 Å². The number of carboxylic acid groups (broad SMARTS) is 1. The number of aliphatic carboxylic acids is 1. The Bertz CT molecular complexity index is 1070. The fraction of sp³-hybridized carbons (Fsp3) is 0.538. The molecular formula is C26H35N5O4. The van der Waals surface area contributed by atoms with Crippen LogP contribution in [0.5, 0.6) is 0 Å². The summed E-state index contributed by atoms with van der Waals surface area (Å²) in [4.78, 5) is 43.5. The van der Waals surface area contributed by atoms with Gasteiger partial charge in [0.25, 0.3) is 0 Å². The van der Waals surface area contributed by atoms with Crippen LogP contribution in [0.3, 0.4) is 0 Å². The summed E-state index contributed by atoms with van der Waals surface area (Å²) in [6.07, 6.45) is 9.28. The molecule has 1 saturated heterocycles. The fourth-order valence-corrected chi connectivity index (χ4v) is 5.41. The second kappa shape index (κ2) is 11.5. The first kappa shape index (κ1) is 24.9. The lowest BCUT2D eigenvalue weighted by Gasteiger charge is -2.31. The number of carbonyl (C=O) groups excluding carboxylic acids is 2. The first-order chi connectivity index (χ1) is 16.9. The third-order valence-electron chi connectivity index (χ3n) is 7.26.